The van der Waals surface area contributed by atoms with Crippen LogP contribution < -0.4 is 20.1 Å². The summed E-state index contributed by atoms with van der Waals surface area (Å²) in [5.74, 6) is 3.54. The molecule has 2 aromatic carbocycles. The number of urea groups is 1. The van der Waals surface area contributed by atoms with Gasteiger partial charge in [-0.1, -0.05) is 12.1 Å². The van der Waals surface area contributed by atoms with Crippen molar-refractivity contribution in [1.29, 1.82) is 0 Å². The van der Waals surface area contributed by atoms with Crippen LogP contribution in [-0.2, 0) is 17.8 Å². The molecular weight excluding hydrogens is 402 g/mol. The number of anilines is 1. The standard InChI is InChI=1S/C22H27N3O4S/c1-28-19-7-8-20(29-2)17(14-19)15-23-22(27)24-18-5-3-16(4-6-18)13-21(26)25-9-11-30-12-10-25/h3-8,14H,9-13,15H2,1-2H3,(H2,23,24,27). The third kappa shape index (κ3) is 6.06. The van der Waals surface area contributed by atoms with E-state index >= 15 is 0 Å². The third-order valence-corrected chi connectivity index (χ3v) is 5.80. The highest BCUT2D eigenvalue weighted by Crippen LogP contribution is 2.23. The van der Waals surface area contributed by atoms with Crippen LogP contribution in [0.25, 0.3) is 0 Å². The Hall–Kier alpha value is -2.87. The van der Waals surface area contributed by atoms with Crippen molar-refractivity contribution in [3.05, 3.63) is 53.6 Å². The zero-order chi connectivity index (χ0) is 21.3. The minimum absolute atomic E-state index is 0.154. The van der Waals surface area contributed by atoms with Crippen LogP contribution in [0.5, 0.6) is 11.5 Å². The van der Waals surface area contributed by atoms with Gasteiger partial charge in [-0.2, -0.15) is 11.8 Å². The molecule has 30 heavy (non-hydrogen) atoms. The lowest BCUT2D eigenvalue weighted by Gasteiger charge is -2.26. The van der Waals surface area contributed by atoms with Gasteiger partial charge in [0.15, 0.2) is 0 Å². The fourth-order valence-corrected chi connectivity index (χ4v) is 4.08. The molecule has 0 atom stereocenters. The van der Waals surface area contributed by atoms with Gasteiger partial charge >= 0.3 is 6.03 Å². The van der Waals surface area contributed by atoms with E-state index in [-0.39, 0.29) is 11.9 Å². The predicted octanol–water partition coefficient (Wildman–Crippen LogP) is 3.14. The Labute approximate surface area is 181 Å². The van der Waals surface area contributed by atoms with Crippen molar-refractivity contribution in [3.8, 4) is 11.5 Å². The second-order valence-corrected chi connectivity index (χ2v) is 8.08. The van der Waals surface area contributed by atoms with Gasteiger partial charge in [0.05, 0.1) is 20.6 Å². The topological polar surface area (TPSA) is 79.9 Å². The Morgan fingerprint density at radius 3 is 2.43 bits per heavy atom. The van der Waals surface area contributed by atoms with Crippen LogP contribution >= 0.6 is 11.8 Å². The number of hydrogen-bond acceptors (Lipinski definition) is 5. The summed E-state index contributed by atoms with van der Waals surface area (Å²) in [5.41, 5.74) is 2.41. The van der Waals surface area contributed by atoms with Gasteiger partial charge in [0, 0.05) is 42.4 Å². The van der Waals surface area contributed by atoms with Gasteiger partial charge in [-0.05, 0) is 35.9 Å². The highest BCUT2D eigenvalue weighted by atomic mass is 32.2. The van der Waals surface area contributed by atoms with E-state index in [1.165, 1.54) is 0 Å². The average Bonchev–Trinajstić information content (AvgIpc) is 2.79. The number of amides is 3. The molecule has 0 bridgehead atoms. The Balaban J connectivity index is 1.50. The number of nitrogens with zero attached hydrogens (tertiary/aromatic N) is 1. The number of carbonyl (C=O) groups excluding carboxylic acids is 2. The minimum atomic E-state index is -0.325. The van der Waals surface area contributed by atoms with E-state index < -0.39 is 0 Å². The SMILES string of the molecule is COc1ccc(OC)c(CNC(=O)Nc2ccc(CC(=O)N3CCSCC3)cc2)c1. The molecule has 0 spiro atoms. The minimum Gasteiger partial charge on any atom is -0.497 e. The van der Waals surface area contributed by atoms with Gasteiger partial charge in [-0.15, -0.1) is 0 Å². The molecule has 1 heterocycles. The van der Waals surface area contributed by atoms with Crippen LogP contribution in [0.2, 0.25) is 0 Å². The average molecular weight is 430 g/mol. The molecule has 8 heteroatoms. The molecule has 2 aromatic rings. The lowest BCUT2D eigenvalue weighted by Crippen LogP contribution is -2.38. The Bertz CT molecular complexity index is 867. The van der Waals surface area contributed by atoms with Crippen LogP contribution in [0.15, 0.2) is 42.5 Å². The number of carbonyl (C=O) groups is 2. The fraction of sp³-hybridized carbons (Fsp3) is 0.364. The zero-order valence-electron chi connectivity index (χ0n) is 17.3. The van der Waals surface area contributed by atoms with E-state index in [1.54, 1.807) is 38.5 Å². The molecule has 1 aliphatic rings. The van der Waals surface area contributed by atoms with E-state index in [9.17, 15) is 9.59 Å². The normalized spacial score (nSPS) is 13.5. The van der Waals surface area contributed by atoms with Crippen LogP contribution in [-0.4, -0.2) is 55.7 Å². The van der Waals surface area contributed by atoms with Gasteiger partial charge in [0.25, 0.3) is 0 Å². The first kappa shape index (κ1) is 21.8. The van der Waals surface area contributed by atoms with Crippen LogP contribution in [0.4, 0.5) is 10.5 Å². The largest absolute Gasteiger partial charge is 0.497 e. The molecule has 1 saturated heterocycles. The molecule has 160 valence electrons. The molecular formula is C22H27N3O4S. The Morgan fingerprint density at radius 1 is 1.03 bits per heavy atom. The number of ether oxygens (including phenoxy) is 2. The fourth-order valence-electron chi connectivity index (χ4n) is 3.18. The van der Waals surface area contributed by atoms with Crippen molar-refractivity contribution in [2.45, 2.75) is 13.0 Å². The molecule has 1 fully saturated rings. The van der Waals surface area contributed by atoms with Crippen LogP contribution in [0.3, 0.4) is 0 Å². The monoisotopic (exact) mass is 429 g/mol. The number of hydrogen-bond donors (Lipinski definition) is 2. The lowest BCUT2D eigenvalue weighted by molar-refractivity contribution is -0.130. The summed E-state index contributed by atoms with van der Waals surface area (Å²) < 4.78 is 10.5. The van der Waals surface area contributed by atoms with Crippen molar-refractivity contribution >= 4 is 29.4 Å². The van der Waals surface area contributed by atoms with Gasteiger partial charge in [-0.3, -0.25) is 4.79 Å². The number of methoxy groups -OCH3 is 2. The van der Waals surface area contributed by atoms with E-state index in [2.05, 4.69) is 10.6 Å². The Morgan fingerprint density at radius 2 is 1.77 bits per heavy atom. The van der Waals surface area contributed by atoms with E-state index in [0.29, 0.717) is 30.2 Å². The van der Waals surface area contributed by atoms with E-state index in [1.807, 2.05) is 34.9 Å². The first-order chi connectivity index (χ1) is 14.6. The van der Waals surface area contributed by atoms with Gasteiger partial charge in [0.1, 0.15) is 11.5 Å². The Kier molecular flexibility index (Phi) is 7.84. The number of benzene rings is 2. The first-order valence-corrected chi connectivity index (χ1v) is 10.9. The maximum absolute atomic E-state index is 12.4. The zero-order valence-corrected chi connectivity index (χ0v) is 18.1. The summed E-state index contributed by atoms with van der Waals surface area (Å²) >= 11 is 1.88. The molecule has 2 N–H and O–H groups in total. The van der Waals surface area contributed by atoms with Crippen LogP contribution in [0.1, 0.15) is 11.1 Å². The molecule has 3 rings (SSSR count). The molecule has 3 amide bonds. The third-order valence-electron chi connectivity index (χ3n) is 4.86. The lowest BCUT2D eigenvalue weighted by atomic mass is 10.1. The first-order valence-electron chi connectivity index (χ1n) is 9.79. The predicted molar refractivity (Wildman–Crippen MR) is 119 cm³/mol. The summed E-state index contributed by atoms with van der Waals surface area (Å²) in [6, 6.07) is 12.5. The highest BCUT2D eigenvalue weighted by molar-refractivity contribution is 7.99. The van der Waals surface area contributed by atoms with Crippen molar-refractivity contribution in [3.63, 3.8) is 0 Å². The van der Waals surface area contributed by atoms with E-state index in [4.69, 9.17) is 9.47 Å². The van der Waals surface area contributed by atoms with Gasteiger partial charge in [0.2, 0.25) is 5.91 Å². The molecule has 0 unspecified atom stereocenters. The quantitative estimate of drug-likeness (QED) is 0.707. The summed E-state index contributed by atoms with van der Waals surface area (Å²) in [6.07, 6.45) is 0.382. The summed E-state index contributed by atoms with van der Waals surface area (Å²) in [5, 5.41) is 5.62. The molecule has 7 nitrogen and oxygen atoms in total. The smallest absolute Gasteiger partial charge is 0.319 e. The van der Waals surface area contributed by atoms with Gasteiger partial charge < -0.3 is 25.0 Å². The summed E-state index contributed by atoms with van der Waals surface area (Å²) in [4.78, 5) is 26.5. The number of rotatable bonds is 7. The van der Waals surface area contributed by atoms with Crippen molar-refractivity contribution in [1.82, 2.24) is 10.2 Å². The maximum Gasteiger partial charge on any atom is 0.319 e. The number of thioether (sulfide) groups is 1. The van der Waals surface area contributed by atoms with Crippen molar-refractivity contribution in [2.75, 3.05) is 44.1 Å². The molecule has 0 aromatic heterocycles. The van der Waals surface area contributed by atoms with Crippen LogP contribution in [0, 0.1) is 0 Å². The summed E-state index contributed by atoms with van der Waals surface area (Å²) in [6.45, 7) is 1.94. The molecule has 0 aliphatic carbocycles. The second-order valence-electron chi connectivity index (χ2n) is 6.85. The maximum atomic E-state index is 12.4. The second kappa shape index (κ2) is 10.8. The van der Waals surface area contributed by atoms with Crippen molar-refractivity contribution < 1.29 is 19.1 Å². The molecule has 1 aliphatic heterocycles. The van der Waals surface area contributed by atoms with Crippen molar-refractivity contribution in [2.24, 2.45) is 0 Å². The van der Waals surface area contributed by atoms with Gasteiger partial charge in [-0.25, -0.2) is 4.79 Å². The number of nitrogens with one attached hydrogen (secondary N) is 2. The molecule has 0 radical (unpaired) electrons. The van der Waals surface area contributed by atoms with E-state index in [0.717, 1.165) is 35.7 Å². The summed E-state index contributed by atoms with van der Waals surface area (Å²) in [7, 11) is 3.18. The molecule has 0 saturated carbocycles. The highest BCUT2D eigenvalue weighted by Gasteiger charge is 2.16.